The number of anilines is 1. The molecule has 0 aliphatic heterocycles. The maximum atomic E-state index is 5.87. The fraction of sp³-hybridized carbons (Fsp3) is 0.417. The molecular weight excluding hydrogens is 186 g/mol. The van der Waals surface area contributed by atoms with E-state index in [1.165, 1.54) is 0 Å². The Kier molecular flexibility index (Phi) is 4.14. The maximum Gasteiger partial charge on any atom is 0.0789 e. The van der Waals surface area contributed by atoms with Gasteiger partial charge in [-0.05, 0) is 18.6 Å². The van der Waals surface area contributed by atoms with Crippen molar-refractivity contribution in [2.75, 3.05) is 18.5 Å². The molecule has 1 atom stereocenters. The van der Waals surface area contributed by atoms with Gasteiger partial charge in [0, 0.05) is 13.1 Å². The van der Waals surface area contributed by atoms with E-state index in [-0.39, 0.29) is 6.04 Å². The molecule has 80 valence electrons. The summed E-state index contributed by atoms with van der Waals surface area (Å²) in [4.78, 5) is 6.28. The van der Waals surface area contributed by atoms with Gasteiger partial charge in [-0.2, -0.15) is 0 Å². The SMILES string of the molecule is C#CCN(C)c1ccc(C(N)CC)nc1. The van der Waals surface area contributed by atoms with Gasteiger partial charge in [-0.15, -0.1) is 6.42 Å². The second-order valence-electron chi connectivity index (χ2n) is 3.52. The van der Waals surface area contributed by atoms with Crippen molar-refractivity contribution in [1.29, 1.82) is 0 Å². The lowest BCUT2D eigenvalue weighted by molar-refractivity contribution is 0.675. The summed E-state index contributed by atoms with van der Waals surface area (Å²) >= 11 is 0. The summed E-state index contributed by atoms with van der Waals surface area (Å²) in [5.74, 6) is 2.59. The fourth-order valence-electron chi connectivity index (χ4n) is 1.28. The van der Waals surface area contributed by atoms with Gasteiger partial charge in [-0.1, -0.05) is 12.8 Å². The minimum absolute atomic E-state index is 0.0250. The molecule has 0 aliphatic carbocycles. The summed E-state index contributed by atoms with van der Waals surface area (Å²) < 4.78 is 0. The van der Waals surface area contributed by atoms with Crippen LogP contribution in [0.2, 0.25) is 0 Å². The highest BCUT2D eigenvalue weighted by atomic mass is 15.1. The molecule has 0 aliphatic rings. The molecule has 2 N–H and O–H groups in total. The molecule has 1 unspecified atom stereocenters. The van der Waals surface area contributed by atoms with Crippen molar-refractivity contribution >= 4 is 5.69 Å². The van der Waals surface area contributed by atoms with Crippen molar-refractivity contribution in [3.8, 4) is 12.3 Å². The van der Waals surface area contributed by atoms with Gasteiger partial charge >= 0.3 is 0 Å². The monoisotopic (exact) mass is 203 g/mol. The Hall–Kier alpha value is -1.53. The van der Waals surface area contributed by atoms with Crippen LogP contribution in [0, 0.1) is 12.3 Å². The van der Waals surface area contributed by atoms with E-state index in [0.29, 0.717) is 6.54 Å². The molecule has 0 saturated heterocycles. The predicted octanol–water partition coefficient (Wildman–Crippen LogP) is 1.56. The van der Waals surface area contributed by atoms with E-state index >= 15 is 0 Å². The molecule has 0 fully saturated rings. The summed E-state index contributed by atoms with van der Waals surface area (Å²) in [6, 6.07) is 3.98. The number of hydrogen-bond donors (Lipinski definition) is 1. The van der Waals surface area contributed by atoms with Crippen LogP contribution < -0.4 is 10.6 Å². The molecule has 1 rings (SSSR count). The highest BCUT2D eigenvalue weighted by molar-refractivity contribution is 5.45. The lowest BCUT2D eigenvalue weighted by Crippen LogP contribution is -2.18. The van der Waals surface area contributed by atoms with Crippen LogP contribution in [0.5, 0.6) is 0 Å². The second-order valence-corrected chi connectivity index (χ2v) is 3.52. The van der Waals surface area contributed by atoms with E-state index in [1.807, 2.05) is 37.2 Å². The molecule has 0 aromatic carbocycles. The van der Waals surface area contributed by atoms with Gasteiger partial charge in [0.25, 0.3) is 0 Å². The van der Waals surface area contributed by atoms with E-state index in [4.69, 9.17) is 12.2 Å². The van der Waals surface area contributed by atoms with Gasteiger partial charge in [0.1, 0.15) is 0 Å². The Labute approximate surface area is 91.3 Å². The standard InChI is InChI=1S/C12H17N3/c1-4-8-15(3)10-6-7-12(14-9-10)11(13)5-2/h1,6-7,9,11H,5,8,13H2,2-3H3. The average molecular weight is 203 g/mol. The van der Waals surface area contributed by atoms with E-state index in [2.05, 4.69) is 10.9 Å². The Morgan fingerprint density at radius 2 is 2.33 bits per heavy atom. The van der Waals surface area contributed by atoms with Crippen molar-refractivity contribution in [2.24, 2.45) is 5.73 Å². The van der Waals surface area contributed by atoms with Crippen LogP contribution in [-0.4, -0.2) is 18.6 Å². The van der Waals surface area contributed by atoms with Crippen LogP contribution in [0.4, 0.5) is 5.69 Å². The molecule has 0 amide bonds. The Morgan fingerprint density at radius 3 is 2.80 bits per heavy atom. The van der Waals surface area contributed by atoms with Crippen LogP contribution in [0.15, 0.2) is 18.3 Å². The zero-order valence-electron chi connectivity index (χ0n) is 9.27. The van der Waals surface area contributed by atoms with Crippen molar-refractivity contribution in [1.82, 2.24) is 4.98 Å². The molecule has 1 aromatic rings. The minimum Gasteiger partial charge on any atom is -0.362 e. The number of aromatic nitrogens is 1. The third-order valence-electron chi connectivity index (χ3n) is 2.36. The van der Waals surface area contributed by atoms with Crippen LogP contribution >= 0.6 is 0 Å². The van der Waals surface area contributed by atoms with Crippen molar-refractivity contribution < 1.29 is 0 Å². The molecule has 3 nitrogen and oxygen atoms in total. The third-order valence-corrected chi connectivity index (χ3v) is 2.36. The molecule has 0 radical (unpaired) electrons. The van der Waals surface area contributed by atoms with Crippen molar-refractivity contribution in [2.45, 2.75) is 19.4 Å². The smallest absolute Gasteiger partial charge is 0.0789 e. The van der Waals surface area contributed by atoms with E-state index in [1.54, 1.807) is 0 Å². The second kappa shape index (κ2) is 5.38. The van der Waals surface area contributed by atoms with Gasteiger partial charge in [-0.25, -0.2) is 0 Å². The number of hydrogen-bond acceptors (Lipinski definition) is 3. The predicted molar refractivity (Wildman–Crippen MR) is 63.6 cm³/mol. The summed E-state index contributed by atoms with van der Waals surface area (Å²) in [6.07, 6.45) is 7.94. The van der Waals surface area contributed by atoms with Crippen LogP contribution in [0.1, 0.15) is 25.1 Å². The van der Waals surface area contributed by atoms with Crippen LogP contribution in [0.25, 0.3) is 0 Å². The summed E-state index contributed by atoms with van der Waals surface area (Å²) in [7, 11) is 1.94. The summed E-state index contributed by atoms with van der Waals surface area (Å²) in [6.45, 7) is 2.63. The zero-order valence-corrected chi connectivity index (χ0v) is 9.27. The fourth-order valence-corrected chi connectivity index (χ4v) is 1.28. The lowest BCUT2D eigenvalue weighted by atomic mass is 10.1. The highest BCUT2D eigenvalue weighted by Crippen LogP contribution is 2.15. The molecule has 15 heavy (non-hydrogen) atoms. The largest absolute Gasteiger partial charge is 0.362 e. The zero-order chi connectivity index (χ0) is 11.3. The Balaban J connectivity index is 2.77. The highest BCUT2D eigenvalue weighted by Gasteiger charge is 2.05. The van der Waals surface area contributed by atoms with Gasteiger partial charge < -0.3 is 10.6 Å². The molecule has 1 heterocycles. The first-order chi connectivity index (χ1) is 7.19. The Morgan fingerprint density at radius 1 is 1.60 bits per heavy atom. The molecule has 0 bridgehead atoms. The van der Waals surface area contributed by atoms with E-state index in [9.17, 15) is 0 Å². The van der Waals surface area contributed by atoms with Crippen LogP contribution in [0.3, 0.4) is 0 Å². The number of nitrogens with two attached hydrogens (primary N) is 1. The number of rotatable bonds is 4. The average Bonchev–Trinajstić information content (AvgIpc) is 2.28. The molecule has 3 heteroatoms. The number of nitrogens with zero attached hydrogens (tertiary/aromatic N) is 2. The quantitative estimate of drug-likeness (QED) is 0.755. The minimum atomic E-state index is 0.0250. The number of terminal acetylenes is 1. The normalized spacial score (nSPS) is 11.9. The van der Waals surface area contributed by atoms with Gasteiger partial charge in [0.2, 0.25) is 0 Å². The van der Waals surface area contributed by atoms with Gasteiger partial charge in [0.05, 0.1) is 24.1 Å². The first kappa shape index (κ1) is 11.5. The summed E-state index contributed by atoms with van der Waals surface area (Å²) in [5.41, 5.74) is 7.81. The topological polar surface area (TPSA) is 42.1 Å². The maximum absolute atomic E-state index is 5.87. The number of pyridine rings is 1. The van der Waals surface area contributed by atoms with E-state index in [0.717, 1.165) is 17.8 Å². The first-order valence-corrected chi connectivity index (χ1v) is 5.05. The third kappa shape index (κ3) is 2.97. The first-order valence-electron chi connectivity index (χ1n) is 5.05. The molecule has 0 spiro atoms. The molecule has 0 saturated carbocycles. The molecular formula is C12H17N3. The van der Waals surface area contributed by atoms with Gasteiger partial charge in [-0.3, -0.25) is 4.98 Å². The lowest BCUT2D eigenvalue weighted by Gasteiger charge is -2.16. The summed E-state index contributed by atoms with van der Waals surface area (Å²) in [5, 5.41) is 0. The van der Waals surface area contributed by atoms with Crippen molar-refractivity contribution in [3.05, 3.63) is 24.0 Å². The van der Waals surface area contributed by atoms with E-state index < -0.39 is 0 Å². The Bertz CT molecular complexity index is 337. The van der Waals surface area contributed by atoms with Crippen LogP contribution in [-0.2, 0) is 0 Å². The molecule has 1 aromatic heterocycles. The van der Waals surface area contributed by atoms with Gasteiger partial charge in [0.15, 0.2) is 0 Å². The van der Waals surface area contributed by atoms with Crippen molar-refractivity contribution in [3.63, 3.8) is 0 Å².